The molecule has 0 atom stereocenters. The zero-order valence-corrected chi connectivity index (χ0v) is 13.4. The van der Waals surface area contributed by atoms with Crippen LogP contribution in [0.15, 0.2) is 52.5 Å². The number of fused-ring (bicyclic) bond motifs is 1. The number of thiazole rings is 1. The minimum atomic E-state index is -0.501. The highest BCUT2D eigenvalue weighted by Crippen LogP contribution is 2.29. The second-order valence-corrected chi connectivity index (χ2v) is 5.85. The molecule has 118 valence electrons. The van der Waals surface area contributed by atoms with Crippen LogP contribution in [0.4, 0.5) is 0 Å². The summed E-state index contributed by atoms with van der Waals surface area (Å²) < 4.78 is 10.5. The van der Waals surface area contributed by atoms with Crippen LogP contribution in [0.2, 0.25) is 0 Å². The Morgan fingerprint density at radius 2 is 2.04 bits per heavy atom. The van der Waals surface area contributed by atoms with Gasteiger partial charge >= 0.3 is 5.97 Å². The molecule has 0 unspecified atom stereocenters. The molecule has 7 heteroatoms. The molecule has 0 saturated carbocycles. The van der Waals surface area contributed by atoms with E-state index in [4.69, 9.17) is 4.42 Å². The number of methoxy groups -OCH3 is 1. The number of pyridine rings is 1. The van der Waals surface area contributed by atoms with Gasteiger partial charge in [-0.15, -0.1) is 11.3 Å². The minimum Gasteiger partial charge on any atom is -0.464 e. The fourth-order valence-electron chi connectivity index (χ4n) is 2.33. The van der Waals surface area contributed by atoms with Gasteiger partial charge in [0.05, 0.1) is 7.11 Å². The second kappa shape index (κ2) is 5.86. The number of aromatic nitrogens is 3. The van der Waals surface area contributed by atoms with E-state index in [0.29, 0.717) is 17.0 Å². The van der Waals surface area contributed by atoms with Gasteiger partial charge in [0.25, 0.3) is 0 Å². The largest absolute Gasteiger partial charge is 0.464 e. The Hall–Kier alpha value is -3.06. The van der Waals surface area contributed by atoms with E-state index in [1.807, 2.05) is 23.6 Å². The van der Waals surface area contributed by atoms with Crippen LogP contribution < -0.4 is 0 Å². The van der Waals surface area contributed by atoms with Crippen molar-refractivity contribution in [3.8, 4) is 22.0 Å². The van der Waals surface area contributed by atoms with E-state index in [9.17, 15) is 4.79 Å². The van der Waals surface area contributed by atoms with Gasteiger partial charge in [-0.25, -0.2) is 19.7 Å². The molecule has 0 saturated heterocycles. The molecule has 0 fully saturated rings. The maximum atomic E-state index is 11.6. The maximum absolute atomic E-state index is 11.6. The molecular formula is C17H11N3O3S. The summed E-state index contributed by atoms with van der Waals surface area (Å²) in [6.45, 7) is 0. The molecule has 3 heterocycles. The highest BCUT2D eigenvalue weighted by molar-refractivity contribution is 7.13. The zero-order chi connectivity index (χ0) is 16.5. The lowest BCUT2D eigenvalue weighted by atomic mass is 10.2. The van der Waals surface area contributed by atoms with Crippen molar-refractivity contribution in [3.63, 3.8) is 0 Å². The van der Waals surface area contributed by atoms with Crippen molar-refractivity contribution < 1.29 is 13.9 Å². The van der Waals surface area contributed by atoms with Crippen molar-refractivity contribution in [2.45, 2.75) is 0 Å². The quantitative estimate of drug-likeness (QED) is 0.529. The van der Waals surface area contributed by atoms with Crippen LogP contribution in [-0.4, -0.2) is 28.0 Å². The van der Waals surface area contributed by atoms with E-state index in [2.05, 4.69) is 19.7 Å². The number of hydrogen-bond acceptors (Lipinski definition) is 7. The fourth-order valence-corrected chi connectivity index (χ4v) is 2.97. The Labute approximate surface area is 140 Å². The molecule has 0 N–H and O–H groups in total. The molecule has 24 heavy (non-hydrogen) atoms. The molecule has 6 nitrogen and oxygen atoms in total. The van der Waals surface area contributed by atoms with Crippen molar-refractivity contribution in [1.29, 1.82) is 0 Å². The summed E-state index contributed by atoms with van der Waals surface area (Å²) in [6.07, 6.45) is 3.29. The van der Waals surface area contributed by atoms with Gasteiger partial charge in [-0.3, -0.25) is 0 Å². The average molecular weight is 337 g/mol. The van der Waals surface area contributed by atoms with Crippen LogP contribution in [0.1, 0.15) is 10.5 Å². The Bertz CT molecular complexity index is 1020. The third-order valence-corrected chi connectivity index (χ3v) is 4.29. The first-order chi connectivity index (χ1) is 11.7. The first-order valence-corrected chi connectivity index (χ1v) is 7.98. The summed E-state index contributed by atoms with van der Waals surface area (Å²) in [4.78, 5) is 24.4. The fraction of sp³-hybridized carbons (Fsp3) is 0.0588. The molecular weight excluding hydrogens is 326 g/mol. The molecule has 0 aliphatic rings. The Morgan fingerprint density at radius 3 is 2.83 bits per heavy atom. The number of carbonyl (C=O) groups is 1. The van der Waals surface area contributed by atoms with Gasteiger partial charge in [0, 0.05) is 28.9 Å². The monoisotopic (exact) mass is 337 g/mol. The first kappa shape index (κ1) is 14.5. The number of nitrogens with zero attached hydrogens (tertiary/aromatic N) is 3. The van der Waals surface area contributed by atoms with E-state index < -0.39 is 5.97 Å². The van der Waals surface area contributed by atoms with E-state index in [1.165, 1.54) is 13.3 Å². The van der Waals surface area contributed by atoms with Crippen LogP contribution in [0.3, 0.4) is 0 Å². The summed E-state index contributed by atoms with van der Waals surface area (Å²) in [6, 6.07) is 9.08. The lowest BCUT2D eigenvalue weighted by Crippen LogP contribution is -2.03. The Balaban J connectivity index is 1.77. The van der Waals surface area contributed by atoms with Crippen LogP contribution in [0.25, 0.3) is 33.1 Å². The second-order valence-electron chi connectivity index (χ2n) is 4.96. The van der Waals surface area contributed by atoms with E-state index in [1.54, 1.807) is 29.7 Å². The van der Waals surface area contributed by atoms with Gasteiger partial charge in [-0.1, -0.05) is 0 Å². The maximum Gasteiger partial charge on any atom is 0.356 e. The van der Waals surface area contributed by atoms with Crippen LogP contribution in [0, 0.1) is 0 Å². The molecule has 3 aromatic heterocycles. The predicted octanol–water partition coefficient (Wildman–Crippen LogP) is 3.80. The third-order valence-electron chi connectivity index (χ3n) is 3.47. The van der Waals surface area contributed by atoms with Gasteiger partial charge in [-0.05, 0) is 30.3 Å². The molecule has 0 spiro atoms. The van der Waals surface area contributed by atoms with Crippen LogP contribution in [-0.2, 0) is 4.74 Å². The number of hydrogen-bond donors (Lipinski definition) is 0. The summed E-state index contributed by atoms with van der Waals surface area (Å²) in [5.74, 6) is -0.0761. The van der Waals surface area contributed by atoms with E-state index >= 15 is 0 Å². The summed E-state index contributed by atoms with van der Waals surface area (Å²) in [7, 11) is 1.32. The molecule has 1 aromatic carbocycles. The summed E-state index contributed by atoms with van der Waals surface area (Å²) >= 11 is 1.57. The SMILES string of the molecule is COC(=O)c1cc(-c2nc3cc(-c4nccs4)ccc3o2)ccn1. The summed E-state index contributed by atoms with van der Waals surface area (Å²) in [5, 5.41) is 2.86. The minimum absolute atomic E-state index is 0.209. The van der Waals surface area contributed by atoms with Crippen molar-refractivity contribution in [3.05, 3.63) is 53.8 Å². The third kappa shape index (κ3) is 2.55. The molecule has 0 bridgehead atoms. The molecule has 0 amide bonds. The average Bonchev–Trinajstić information content (AvgIpc) is 3.29. The zero-order valence-electron chi connectivity index (χ0n) is 12.6. The predicted molar refractivity (Wildman–Crippen MR) is 89.7 cm³/mol. The number of esters is 1. The Morgan fingerprint density at radius 1 is 1.12 bits per heavy atom. The lowest BCUT2D eigenvalue weighted by molar-refractivity contribution is 0.0594. The van der Waals surface area contributed by atoms with E-state index in [-0.39, 0.29) is 5.69 Å². The summed E-state index contributed by atoms with van der Waals surface area (Å²) in [5.41, 5.74) is 3.26. The number of carbonyl (C=O) groups excluding carboxylic acids is 1. The van der Waals surface area contributed by atoms with Gasteiger partial charge in [-0.2, -0.15) is 0 Å². The standard InChI is InChI=1S/C17H11N3O3S/c1-22-17(21)13-8-10(4-5-18-13)15-20-12-9-11(2-3-14(12)23-15)16-19-6-7-24-16/h2-9H,1H3. The van der Waals surface area contributed by atoms with Gasteiger partial charge in [0.2, 0.25) is 5.89 Å². The highest BCUT2D eigenvalue weighted by Gasteiger charge is 2.13. The van der Waals surface area contributed by atoms with Gasteiger partial charge in [0.1, 0.15) is 16.2 Å². The lowest BCUT2D eigenvalue weighted by Gasteiger charge is -1.99. The number of benzene rings is 1. The topological polar surface area (TPSA) is 78.1 Å². The van der Waals surface area contributed by atoms with E-state index in [0.717, 1.165) is 16.1 Å². The smallest absolute Gasteiger partial charge is 0.356 e. The van der Waals surface area contributed by atoms with Gasteiger partial charge in [0.15, 0.2) is 5.58 Å². The molecule has 0 aliphatic carbocycles. The van der Waals surface area contributed by atoms with Crippen molar-refractivity contribution >= 4 is 28.4 Å². The molecule has 0 radical (unpaired) electrons. The van der Waals surface area contributed by atoms with Crippen LogP contribution >= 0.6 is 11.3 Å². The molecule has 4 rings (SSSR count). The van der Waals surface area contributed by atoms with Gasteiger partial charge < -0.3 is 9.15 Å². The Kier molecular flexibility index (Phi) is 3.55. The van der Waals surface area contributed by atoms with Crippen molar-refractivity contribution in [2.75, 3.05) is 7.11 Å². The van der Waals surface area contributed by atoms with Crippen LogP contribution in [0.5, 0.6) is 0 Å². The first-order valence-electron chi connectivity index (χ1n) is 7.10. The number of ether oxygens (including phenoxy) is 1. The van der Waals surface area contributed by atoms with Crippen molar-refractivity contribution in [1.82, 2.24) is 15.0 Å². The molecule has 0 aliphatic heterocycles. The molecule has 4 aromatic rings. The normalized spacial score (nSPS) is 10.9. The number of oxazole rings is 1. The van der Waals surface area contributed by atoms with Crippen molar-refractivity contribution in [2.24, 2.45) is 0 Å². The highest BCUT2D eigenvalue weighted by atomic mass is 32.1. The number of rotatable bonds is 3.